The van der Waals surface area contributed by atoms with Gasteiger partial charge < -0.3 is 5.32 Å². The van der Waals surface area contributed by atoms with E-state index in [1.54, 1.807) is 12.1 Å². The normalized spacial score (nSPS) is 10.9. The molecule has 0 saturated heterocycles. The van der Waals surface area contributed by atoms with Crippen LogP contribution in [0.4, 0.5) is 5.13 Å². The van der Waals surface area contributed by atoms with Gasteiger partial charge in [0.15, 0.2) is 5.13 Å². The Kier molecular flexibility index (Phi) is 5.62. The minimum atomic E-state index is 0.0168. The molecule has 6 heteroatoms. The number of benzene rings is 1. The number of hydrogen-bond donors (Lipinski definition) is 1. The average molecular weight is 343 g/mol. The van der Waals surface area contributed by atoms with E-state index >= 15 is 0 Å². The van der Waals surface area contributed by atoms with Gasteiger partial charge in [0.25, 0.3) is 0 Å². The van der Waals surface area contributed by atoms with Crippen LogP contribution >= 0.6 is 34.5 Å². The van der Waals surface area contributed by atoms with Crippen molar-refractivity contribution in [1.82, 2.24) is 4.98 Å². The molecule has 0 aliphatic heterocycles. The second-order valence-corrected chi connectivity index (χ2v) is 6.37. The van der Waals surface area contributed by atoms with E-state index in [-0.39, 0.29) is 11.8 Å². The van der Waals surface area contributed by atoms with Crippen LogP contribution in [-0.2, 0) is 4.79 Å². The fraction of sp³-hybridized carbons (Fsp3) is 0.333. The monoisotopic (exact) mass is 342 g/mol. The first kappa shape index (κ1) is 16.3. The lowest BCUT2D eigenvalue weighted by atomic mass is 10.0. The Hall–Kier alpha value is -1.10. The molecule has 1 amide bonds. The molecular formula is C15H16Cl2N2OS. The van der Waals surface area contributed by atoms with E-state index in [1.165, 1.54) is 11.3 Å². The van der Waals surface area contributed by atoms with Gasteiger partial charge in [-0.1, -0.05) is 37.0 Å². The molecular weight excluding hydrogens is 327 g/mol. The fourth-order valence-corrected chi connectivity index (χ4v) is 3.24. The molecule has 0 atom stereocenters. The molecule has 3 nitrogen and oxygen atoms in total. The Morgan fingerprint density at radius 1 is 1.33 bits per heavy atom. The van der Waals surface area contributed by atoms with Crippen LogP contribution in [0.15, 0.2) is 23.6 Å². The van der Waals surface area contributed by atoms with Gasteiger partial charge in [0, 0.05) is 21.9 Å². The second-order valence-electron chi connectivity index (χ2n) is 4.66. The summed E-state index contributed by atoms with van der Waals surface area (Å²) >= 11 is 13.4. The Morgan fingerprint density at radius 3 is 2.67 bits per heavy atom. The first-order valence-electron chi connectivity index (χ1n) is 6.77. The maximum atomic E-state index is 12.0. The molecule has 0 saturated carbocycles. The van der Waals surface area contributed by atoms with E-state index < -0.39 is 0 Å². The predicted octanol–water partition coefficient (Wildman–Crippen LogP) is 5.49. The van der Waals surface area contributed by atoms with Crippen LogP contribution in [0.2, 0.25) is 10.0 Å². The van der Waals surface area contributed by atoms with Crippen molar-refractivity contribution in [2.75, 3.05) is 5.32 Å². The third kappa shape index (κ3) is 3.96. The topological polar surface area (TPSA) is 42.0 Å². The van der Waals surface area contributed by atoms with E-state index in [1.807, 2.05) is 25.3 Å². The largest absolute Gasteiger partial charge is 0.302 e. The minimum Gasteiger partial charge on any atom is -0.302 e. The molecule has 1 heterocycles. The molecule has 1 aromatic carbocycles. The van der Waals surface area contributed by atoms with Gasteiger partial charge in [0.1, 0.15) is 0 Å². The molecule has 0 unspecified atom stereocenters. The molecule has 112 valence electrons. The van der Waals surface area contributed by atoms with E-state index in [0.29, 0.717) is 15.2 Å². The zero-order valence-corrected chi connectivity index (χ0v) is 14.1. The first-order chi connectivity index (χ1) is 10.0. The van der Waals surface area contributed by atoms with Crippen LogP contribution in [0, 0.1) is 5.92 Å². The zero-order valence-electron chi connectivity index (χ0n) is 11.8. The summed E-state index contributed by atoms with van der Waals surface area (Å²) in [6, 6.07) is 5.27. The zero-order chi connectivity index (χ0) is 15.4. The Bertz CT molecular complexity index is 638. The van der Waals surface area contributed by atoms with Gasteiger partial charge in [-0.15, -0.1) is 11.3 Å². The van der Waals surface area contributed by atoms with Gasteiger partial charge in [-0.25, -0.2) is 4.98 Å². The van der Waals surface area contributed by atoms with E-state index in [0.717, 1.165) is 24.1 Å². The highest BCUT2D eigenvalue weighted by atomic mass is 35.5. The maximum Gasteiger partial charge on any atom is 0.229 e. The molecule has 2 aromatic rings. The summed E-state index contributed by atoms with van der Waals surface area (Å²) in [7, 11) is 0. The highest BCUT2D eigenvalue weighted by Gasteiger charge is 2.16. The van der Waals surface area contributed by atoms with E-state index in [2.05, 4.69) is 10.3 Å². The first-order valence-corrected chi connectivity index (χ1v) is 8.40. The summed E-state index contributed by atoms with van der Waals surface area (Å²) in [5.74, 6) is 0.0413. The number of carbonyl (C=O) groups excluding carboxylic acids is 1. The lowest BCUT2D eigenvalue weighted by Crippen LogP contribution is -2.21. The van der Waals surface area contributed by atoms with Crippen LogP contribution in [0.25, 0.3) is 11.3 Å². The summed E-state index contributed by atoms with van der Waals surface area (Å²) < 4.78 is 0. The van der Waals surface area contributed by atoms with Crippen molar-refractivity contribution in [3.05, 3.63) is 33.6 Å². The number of anilines is 1. The van der Waals surface area contributed by atoms with Crippen LogP contribution in [-0.4, -0.2) is 10.9 Å². The summed E-state index contributed by atoms with van der Waals surface area (Å²) in [4.78, 5) is 16.5. The van der Waals surface area contributed by atoms with Crippen molar-refractivity contribution in [1.29, 1.82) is 0 Å². The van der Waals surface area contributed by atoms with Gasteiger partial charge >= 0.3 is 0 Å². The average Bonchev–Trinajstić information content (AvgIpc) is 2.88. The Morgan fingerprint density at radius 2 is 2.05 bits per heavy atom. The van der Waals surface area contributed by atoms with Crippen LogP contribution in [0.5, 0.6) is 0 Å². The third-order valence-electron chi connectivity index (χ3n) is 3.30. The SMILES string of the molecule is CCC(CC)C(=O)Nc1nc(-c2ccc(Cl)cc2Cl)cs1. The fourth-order valence-electron chi connectivity index (χ4n) is 2.02. The molecule has 0 bridgehead atoms. The number of halogens is 2. The summed E-state index contributed by atoms with van der Waals surface area (Å²) in [5.41, 5.74) is 1.54. The van der Waals surface area contributed by atoms with Crippen LogP contribution in [0.1, 0.15) is 26.7 Å². The quantitative estimate of drug-likeness (QED) is 0.780. The lowest BCUT2D eigenvalue weighted by Gasteiger charge is -2.10. The van der Waals surface area contributed by atoms with Gasteiger partial charge in [-0.05, 0) is 31.0 Å². The Balaban J connectivity index is 2.16. The number of rotatable bonds is 5. The van der Waals surface area contributed by atoms with Crippen molar-refractivity contribution in [3.63, 3.8) is 0 Å². The number of aromatic nitrogens is 1. The smallest absolute Gasteiger partial charge is 0.229 e. The van der Waals surface area contributed by atoms with Crippen molar-refractivity contribution in [2.24, 2.45) is 5.92 Å². The van der Waals surface area contributed by atoms with E-state index in [9.17, 15) is 4.79 Å². The number of nitrogens with zero attached hydrogens (tertiary/aromatic N) is 1. The molecule has 1 N–H and O–H groups in total. The van der Waals surface area contributed by atoms with E-state index in [4.69, 9.17) is 23.2 Å². The lowest BCUT2D eigenvalue weighted by molar-refractivity contribution is -0.120. The second kappa shape index (κ2) is 7.25. The molecule has 0 aliphatic rings. The Labute approximate surface area is 138 Å². The number of hydrogen-bond acceptors (Lipinski definition) is 3. The molecule has 0 fully saturated rings. The standard InChI is InChI=1S/C15H16Cl2N2OS/c1-3-9(4-2)14(20)19-15-18-13(8-21-15)11-6-5-10(16)7-12(11)17/h5-9H,3-4H2,1-2H3,(H,18,19,20). The van der Waals surface area contributed by atoms with Gasteiger partial charge in [0.2, 0.25) is 5.91 Å². The predicted molar refractivity (Wildman–Crippen MR) is 90.3 cm³/mol. The third-order valence-corrected chi connectivity index (χ3v) is 4.60. The number of nitrogens with one attached hydrogen (secondary N) is 1. The molecule has 0 radical (unpaired) electrons. The summed E-state index contributed by atoms with van der Waals surface area (Å²) in [6.07, 6.45) is 1.65. The van der Waals surface area contributed by atoms with Gasteiger partial charge in [-0.3, -0.25) is 4.79 Å². The van der Waals surface area contributed by atoms with Crippen LogP contribution in [0.3, 0.4) is 0 Å². The minimum absolute atomic E-state index is 0.0168. The summed E-state index contributed by atoms with van der Waals surface area (Å²) in [5, 5.41) is 6.46. The summed E-state index contributed by atoms with van der Waals surface area (Å²) in [6.45, 7) is 4.02. The number of thiazole rings is 1. The number of carbonyl (C=O) groups is 1. The van der Waals surface area contributed by atoms with Crippen molar-refractivity contribution < 1.29 is 4.79 Å². The van der Waals surface area contributed by atoms with Gasteiger partial charge in [-0.2, -0.15) is 0 Å². The van der Waals surface area contributed by atoms with Crippen molar-refractivity contribution in [3.8, 4) is 11.3 Å². The molecule has 2 rings (SSSR count). The molecule has 0 aliphatic carbocycles. The maximum absolute atomic E-state index is 12.0. The van der Waals surface area contributed by atoms with Crippen molar-refractivity contribution in [2.45, 2.75) is 26.7 Å². The van der Waals surface area contributed by atoms with Crippen LogP contribution < -0.4 is 5.32 Å². The highest BCUT2D eigenvalue weighted by molar-refractivity contribution is 7.14. The van der Waals surface area contributed by atoms with Crippen molar-refractivity contribution >= 4 is 45.6 Å². The van der Waals surface area contributed by atoms with Gasteiger partial charge in [0.05, 0.1) is 10.7 Å². The highest BCUT2D eigenvalue weighted by Crippen LogP contribution is 2.32. The molecule has 1 aromatic heterocycles. The molecule has 0 spiro atoms. The number of amides is 1. The molecule has 21 heavy (non-hydrogen) atoms.